The second kappa shape index (κ2) is 5.49. The largest absolute Gasteiger partial charge is 0.391 e. The van der Waals surface area contributed by atoms with Crippen LogP contribution in [0.25, 0.3) is 0 Å². The highest BCUT2D eigenvalue weighted by Gasteiger charge is 2.42. The lowest BCUT2D eigenvalue weighted by atomic mass is 9.77. The van der Waals surface area contributed by atoms with Crippen molar-refractivity contribution in [2.24, 2.45) is 11.8 Å². The molecule has 0 amide bonds. The average Bonchev–Trinajstić information content (AvgIpc) is 2.37. The molecule has 1 aromatic carbocycles. The first kappa shape index (κ1) is 14.3. The third kappa shape index (κ3) is 3.47. The lowest BCUT2D eigenvalue weighted by molar-refractivity contribution is -0.185. The van der Waals surface area contributed by atoms with E-state index >= 15 is 0 Å². The van der Waals surface area contributed by atoms with Crippen molar-refractivity contribution in [1.29, 1.82) is 0 Å². The maximum atomic E-state index is 13.1. The second-order valence-electron chi connectivity index (χ2n) is 5.15. The summed E-state index contributed by atoms with van der Waals surface area (Å²) in [4.78, 5) is 0. The van der Waals surface area contributed by atoms with Crippen LogP contribution in [0.3, 0.4) is 0 Å². The third-order valence-corrected chi connectivity index (χ3v) is 3.87. The molecule has 0 spiro atoms. The minimum atomic E-state index is -4.14. The Bertz CT molecular complexity index is 422. The van der Waals surface area contributed by atoms with E-state index in [4.69, 9.17) is 0 Å². The molecule has 0 aromatic heterocycles. The maximum absolute atomic E-state index is 13.1. The van der Waals surface area contributed by atoms with Crippen LogP contribution >= 0.6 is 0 Å². The van der Waals surface area contributed by atoms with Gasteiger partial charge in [0.2, 0.25) is 0 Å². The van der Waals surface area contributed by atoms with Crippen molar-refractivity contribution in [2.75, 3.05) is 0 Å². The Balaban J connectivity index is 1.98. The molecule has 1 saturated carbocycles. The molecule has 1 nitrogen and oxygen atoms in total. The van der Waals surface area contributed by atoms with Gasteiger partial charge < -0.3 is 5.11 Å². The Labute approximate surface area is 109 Å². The zero-order valence-corrected chi connectivity index (χ0v) is 10.3. The summed E-state index contributed by atoms with van der Waals surface area (Å²) in [7, 11) is 0. The number of rotatable bonds is 2. The number of aliphatic hydroxyl groups is 1. The Morgan fingerprint density at radius 3 is 2.26 bits per heavy atom. The molecule has 1 aliphatic rings. The summed E-state index contributed by atoms with van der Waals surface area (Å²) in [6.45, 7) is 0. The van der Waals surface area contributed by atoms with Crippen LogP contribution in [-0.4, -0.2) is 11.3 Å². The first-order valence-electron chi connectivity index (χ1n) is 6.38. The SMILES string of the molecule is OC(c1cccc(F)c1)C1CCC(C(F)(F)F)CC1. The van der Waals surface area contributed by atoms with Crippen LogP contribution in [0, 0.1) is 17.7 Å². The van der Waals surface area contributed by atoms with Gasteiger partial charge >= 0.3 is 6.18 Å². The highest BCUT2D eigenvalue weighted by atomic mass is 19.4. The molecule has 1 N–H and O–H groups in total. The Hall–Kier alpha value is -1.10. The quantitative estimate of drug-likeness (QED) is 0.801. The summed E-state index contributed by atoms with van der Waals surface area (Å²) < 4.78 is 50.7. The number of hydrogen-bond donors (Lipinski definition) is 1. The summed E-state index contributed by atoms with van der Waals surface area (Å²) in [6.07, 6.45) is -4.30. The molecule has 1 unspecified atom stereocenters. The molecular weight excluding hydrogens is 260 g/mol. The van der Waals surface area contributed by atoms with Gasteiger partial charge in [0.1, 0.15) is 5.82 Å². The van der Waals surface area contributed by atoms with Crippen molar-refractivity contribution >= 4 is 0 Å². The first-order chi connectivity index (χ1) is 8.88. The van der Waals surface area contributed by atoms with Gasteiger partial charge in [-0.15, -0.1) is 0 Å². The zero-order valence-electron chi connectivity index (χ0n) is 10.3. The zero-order chi connectivity index (χ0) is 14.0. The fourth-order valence-corrected chi connectivity index (χ4v) is 2.72. The van der Waals surface area contributed by atoms with Crippen LogP contribution < -0.4 is 0 Å². The van der Waals surface area contributed by atoms with Crippen molar-refractivity contribution in [1.82, 2.24) is 0 Å². The van der Waals surface area contributed by atoms with Gasteiger partial charge in [0.05, 0.1) is 12.0 Å². The van der Waals surface area contributed by atoms with Gasteiger partial charge in [0, 0.05) is 0 Å². The molecule has 0 heterocycles. The molecular formula is C14H16F4O. The fraction of sp³-hybridized carbons (Fsp3) is 0.571. The van der Waals surface area contributed by atoms with Gasteiger partial charge in [0.15, 0.2) is 0 Å². The predicted octanol–water partition coefficient (Wildman–Crippen LogP) is 4.23. The van der Waals surface area contributed by atoms with Gasteiger partial charge in [-0.2, -0.15) is 13.2 Å². The van der Waals surface area contributed by atoms with E-state index in [9.17, 15) is 22.7 Å². The van der Waals surface area contributed by atoms with Gasteiger partial charge in [0.25, 0.3) is 0 Å². The van der Waals surface area contributed by atoms with E-state index in [0.717, 1.165) is 0 Å². The van der Waals surface area contributed by atoms with E-state index in [1.54, 1.807) is 6.07 Å². The maximum Gasteiger partial charge on any atom is 0.391 e. The standard InChI is InChI=1S/C14H16F4O/c15-12-3-1-2-10(8-12)13(19)9-4-6-11(7-5-9)14(16,17)18/h1-3,8-9,11,13,19H,4-7H2. The fourth-order valence-electron chi connectivity index (χ4n) is 2.72. The number of hydrogen-bond acceptors (Lipinski definition) is 1. The Morgan fingerprint density at radius 1 is 1.11 bits per heavy atom. The van der Waals surface area contributed by atoms with Crippen LogP contribution in [-0.2, 0) is 0 Å². The topological polar surface area (TPSA) is 20.2 Å². The highest BCUT2D eigenvalue weighted by molar-refractivity contribution is 5.19. The lowest BCUT2D eigenvalue weighted by Crippen LogP contribution is -2.29. The molecule has 1 aliphatic carbocycles. The Kier molecular flexibility index (Phi) is 4.13. The van der Waals surface area contributed by atoms with Crippen molar-refractivity contribution in [2.45, 2.75) is 38.0 Å². The van der Waals surface area contributed by atoms with E-state index in [1.807, 2.05) is 0 Å². The summed E-state index contributed by atoms with van der Waals surface area (Å²) in [5.41, 5.74) is 0.440. The van der Waals surface area contributed by atoms with Gasteiger partial charge in [-0.1, -0.05) is 12.1 Å². The smallest absolute Gasteiger partial charge is 0.388 e. The average molecular weight is 276 g/mol. The van der Waals surface area contributed by atoms with Crippen molar-refractivity contribution < 1.29 is 22.7 Å². The van der Waals surface area contributed by atoms with Crippen LogP contribution in [0.15, 0.2) is 24.3 Å². The summed E-state index contributed by atoms with van der Waals surface area (Å²) in [5, 5.41) is 10.1. The van der Waals surface area contributed by atoms with Crippen LogP contribution in [0.4, 0.5) is 17.6 Å². The van der Waals surface area contributed by atoms with Crippen molar-refractivity contribution in [3.8, 4) is 0 Å². The summed E-state index contributed by atoms with van der Waals surface area (Å²) in [5.74, 6) is -1.93. The predicted molar refractivity (Wildman–Crippen MR) is 62.9 cm³/mol. The molecule has 19 heavy (non-hydrogen) atoms. The summed E-state index contributed by atoms with van der Waals surface area (Å²) in [6, 6.07) is 5.61. The molecule has 1 atom stereocenters. The van der Waals surface area contributed by atoms with Gasteiger partial charge in [-0.3, -0.25) is 0 Å². The number of aliphatic hydroxyl groups excluding tert-OH is 1. The third-order valence-electron chi connectivity index (χ3n) is 3.87. The summed E-state index contributed by atoms with van der Waals surface area (Å²) >= 11 is 0. The van der Waals surface area contributed by atoms with E-state index in [0.29, 0.717) is 18.4 Å². The highest BCUT2D eigenvalue weighted by Crippen LogP contribution is 2.43. The van der Waals surface area contributed by atoms with E-state index in [2.05, 4.69) is 0 Å². The molecule has 2 rings (SSSR count). The van der Waals surface area contributed by atoms with Crippen LogP contribution in [0.5, 0.6) is 0 Å². The van der Waals surface area contributed by atoms with Gasteiger partial charge in [-0.25, -0.2) is 4.39 Å². The molecule has 0 radical (unpaired) electrons. The van der Waals surface area contributed by atoms with Crippen LogP contribution in [0.2, 0.25) is 0 Å². The van der Waals surface area contributed by atoms with E-state index in [1.165, 1.54) is 18.2 Å². The molecule has 0 bridgehead atoms. The molecule has 5 heteroatoms. The second-order valence-corrected chi connectivity index (χ2v) is 5.15. The molecule has 106 valence electrons. The first-order valence-corrected chi connectivity index (χ1v) is 6.38. The number of benzene rings is 1. The normalized spacial score (nSPS) is 26.2. The van der Waals surface area contributed by atoms with Crippen molar-refractivity contribution in [3.05, 3.63) is 35.6 Å². The van der Waals surface area contributed by atoms with E-state index in [-0.39, 0.29) is 18.8 Å². The molecule has 0 saturated heterocycles. The molecule has 1 fully saturated rings. The molecule has 1 aromatic rings. The number of halogens is 4. The minimum Gasteiger partial charge on any atom is -0.388 e. The van der Waals surface area contributed by atoms with Crippen molar-refractivity contribution in [3.63, 3.8) is 0 Å². The van der Waals surface area contributed by atoms with E-state index < -0.39 is 24.0 Å². The number of alkyl halides is 3. The van der Waals surface area contributed by atoms with Gasteiger partial charge in [-0.05, 0) is 49.3 Å². The lowest BCUT2D eigenvalue weighted by Gasteiger charge is -2.32. The Morgan fingerprint density at radius 2 is 1.74 bits per heavy atom. The van der Waals surface area contributed by atoms with Crippen LogP contribution in [0.1, 0.15) is 37.4 Å². The monoisotopic (exact) mass is 276 g/mol. The minimum absolute atomic E-state index is 0.0422. The molecule has 0 aliphatic heterocycles.